The van der Waals surface area contributed by atoms with E-state index in [1.165, 1.54) is 11.3 Å². The van der Waals surface area contributed by atoms with Crippen molar-refractivity contribution in [3.8, 4) is 0 Å². The summed E-state index contributed by atoms with van der Waals surface area (Å²) in [7, 11) is 5.91. The molecule has 0 unspecified atom stereocenters. The van der Waals surface area contributed by atoms with Crippen molar-refractivity contribution in [1.82, 2.24) is 14.8 Å². The highest BCUT2D eigenvalue weighted by Gasteiger charge is 2.09. The minimum atomic E-state index is 0. The standard InChI is InChI=1S/C14H19BrN4S.HI/c1-16-14(17-7-11-4-5-20-10-11)19(3)9-13-6-12(15)8-18(13)2;/h4-6,8,10H,7,9H2,1-3H3,(H,16,17);1H. The van der Waals surface area contributed by atoms with E-state index in [-0.39, 0.29) is 24.0 Å². The Balaban J connectivity index is 0.00000220. The first kappa shape index (κ1) is 18.5. The molecule has 0 aliphatic rings. The number of aryl methyl sites for hydroxylation is 1. The van der Waals surface area contributed by atoms with Crippen molar-refractivity contribution in [3.05, 3.63) is 44.8 Å². The van der Waals surface area contributed by atoms with Crippen LogP contribution in [0.25, 0.3) is 0 Å². The third-order valence-electron chi connectivity index (χ3n) is 3.08. The van der Waals surface area contributed by atoms with Gasteiger partial charge in [0.15, 0.2) is 5.96 Å². The predicted octanol–water partition coefficient (Wildman–Crippen LogP) is 3.67. The molecule has 0 atom stereocenters. The number of hydrogen-bond donors (Lipinski definition) is 1. The van der Waals surface area contributed by atoms with Crippen LogP contribution in [0.3, 0.4) is 0 Å². The van der Waals surface area contributed by atoms with Gasteiger partial charge < -0.3 is 14.8 Å². The van der Waals surface area contributed by atoms with Gasteiger partial charge in [0, 0.05) is 44.1 Å². The van der Waals surface area contributed by atoms with Crippen molar-refractivity contribution in [2.24, 2.45) is 12.0 Å². The molecule has 0 aliphatic heterocycles. The van der Waals surface area contributed by atoms with Crippen molar-refractivity contribution in [3.63, 3.8) is 0 Å². The molecule has 0 fully saturated rings. The third-order valence-corrected chi connectivity index (χ3v) is 4.24. The number of nitrogens with zero attached hydrogens (tertiary/aromatic N) is 3. The second-order valence-electron chi connectivity index (χ2n) is 4.65. The van der Waals surface area contributed by atoms with Crippen molar-refractivity contribution >= 4 is 57.2 Å². The monoisotopic (exact) mass is 482 g/mol. The molecule has 4 nitrogen and oxygen atoms in total. The van der Waals surface area contributed by atoms with Crippen LogP contribution in [0.4, 0.5) is 0 Å². The molecular formula is C14H20BrIN4S. The van der Waals surface area contributed by atoms with E-state index in [1.807, 2.05) is 14.1 Å². The Hall–Kier alpha value is -0.540. The first-order chi connectivity index (χ1) is 9.60. The van der Waals surface area contributed by atoms with Crippen molar-refractivity contribution in [2.75, 3.05) is 14.1 Å². The Kier molecular flexibility index (Phi) is 7.75. The summed E-state index contributed by atoms with van der Waals surface area (Å²) in [4.78, 5) is 6.45. The van der Waals surface area contributed by atoms with E-state index >= 15 is 0 Å². The highest BCUT2D eigenvalue weighted by atomic mass is 127. The fourth-order valence-electron chi connectivity index (χ4n) is 2.00. The number of hydrogen-bond acceptors (Lipinski definition) is 2. The molecule has 0 aromatic carbocycles. The average molecular weight is 483 g/mol. The lowest BCUT2D eigenvalue weighted by molar-refractivity contribution is 0.462. The quantitative estimate of drug-likeness (QED) is 0.409. The van der Waals surface area contributed by atoms with Gasteiger partial charge in [-0.2, -0.15) is 11.3 Å². The van der Waals surface area contributed by atoms with Gasteiger partial charge >= 0.3 is 0 Å². The van der Waals surface area contributed by atoms with Crippen LogP contribution in [-0.4, -0.2) is 29.5 Å². The summed E-state index contributed by atoms with van der Waals surface area (Å²) in [6, 6.07) is 4.25. The van der Waals surface area contributed by atoms with Crippen LogP contribution in [0.2, 0.25) is 0 Å². The topological polar surface area (TPSA) is 32.6 Å². The molecule has 0 spiro atoms. The maximum atomic E-state index is 4.33. The molecule has 0 aliphatic carbocycles. The Bertz CT molecular complexity index is 580. The van der Waals surface area contributed by atoms with E-state index in [9.17, 15) is 0 Å². The van der Waals surface area contributed by atoms with Gasteiger partial charge in [0.2, 0.25) is 0 Å². The highest BCUT2D eigenvalue weighted by Crippen LogP contribution is 2.15. The molecule has 21 heavy (non-hydrogen) atoms. The molecule has 0 amide bonds. The molecule has 2 aromatic rings. The van der Waals surface area contributed by atoms with E-state index < -0.39 is 0 Å². The van der Waals surface area contributed by atoms with Crippen LogP contribution >= 0.6 is 51.2 Å². The molecule has 116 valence electrons. The van der Waals surface area contributed by atoms with Gasteiger partial charge in [0.05, 0.1) is 6.54 Å². The Morgan fingerprint density at radius 3 is 2.81 bits per heavy atom. The smallest absolute Gasteiger partial charge is 0.194 e. The summed E-state index contributed by atoms with van der Waals surface area (Å²) < 4.78 is 3.22. The summed E-state index contributed by atoms with van der Waals surface area (Å²) >= 11 is 5.21. The normalized spacial score (nSPS) is 11.1. The van der Waals surface area contributed by atoms with Crippen LogP contribution in [0.5, 0.6) is 0 Å². The van der Waals surface area contributed by atoms with Gasteiger partial charge in [-0.3, -0.25) is 4.99 Å². The molecule has 0 saturated carbocycles. The second kappa shape index (κ2) is 8.79. The molecule has 0 radical (unpaired) electrons. The average Bonchev–Trinajstić information content (AvgIpc) is 3.01. The Morgan fingerprint density at radius 2 is 2.29 bits per heavy atom. The van der Waals surface area contributed by atoms with Crippen LogP contribution in [0, 0.1) is 0 Å². The first-order valence-corrected chi connectivity index (χ1v) is 8.07. The summed E-state index contributed by atoms with van der Waals surface area (Å²) in [6.07, 6.45) is 2.06. The van der Waals surface area contributed by atoms with E-state index in [0.717, 1.165) is 23.5 Å². The fourth-order valence-corrected chi connectivity index (χ4v) is 3.24. The van der Waals surface area contributed by atoms with Crippen LogP contribution in [0.15, 0.2) is 38.6 Å². The minimum Gasteiger partial charge on any atom is -0.352 e. The molecular weight excluding hydrogens is 463 g/mol. The zero-order valence-corrected chi connectivity index (χ0v) is 17.1. The summed E-state index contributed by atoms with van der Waals surface area (Å²) in [5.41, 5.74) is 2.52. The van der Waals surface area contributed by atoms with E-state index in [2.05, 4.69) is 71.8 Å². The van der Waals surface area contributed by atoms with E-state index in [0.29, 0.717) is 0 Å². The van der Waals surface area contributed by atoms with Gasteiger partial charge in [-0.1, -0.05) is 0 Å². The van der Waals surface area contributed by atoms with Crippen LogP contribution in [-0.2, 0) is 20.1 Å². The third kappa shape index (κ3) is 5.30. The van der Waals surface area contributed by atoms with Crippen molar-refractivity contribution in [2.45, 2.75) is 13.1 Å². The maximum Gasteiger partial charge on any atom is 0.194 e. The number of halogens is 2. The zero-order chi connectivity index (χ0) is 14.5. The molecule has 1 N–H and O–H groups in total. The number of rotatable bonds is 4. The molecule has 0 bridgehead atoms. The van der Waals surface area contributed by atoms with Crippen molar-refractivity contribution in [1.29, 1.82) is 0 Å². The SMILES string of the molecule is CN=C(NCc1ccsc1)N(C)Cc1cc(Br)cn1C.I. The lowest BCUT2D eigenvalue weighted by atomic mass is 10.3. The molecule has 2 rings (SSSR count). The predicted molar refractivity (Wildman–Crippen MR) is 105 cm³/mol. The molecule has 7 heteroatoms. The Morgan fingerprint density at radius 1 is 1.52 bits per heavy atom. The van der Waals surface area contributed by atoms with E-state index in [4.69, 9.17) is 0 Å². The lowest BCUT2D eigenvalue weighted by Crippen LogP contribution is -2.38. The maximum absolute atomic E-state index is 4.33. The lowest BCUT2D eigenvalue weighted by Gasteiger charge is -2.22. The van der Waals surface area contributed by atoms with Gasteiger partial charge in [-0.25, -0.2) is 0 Å². The summed E-state index contributed by atoms with van der Waals surface area (Å²) in [5, 5.41) is 7.62. The first-order valence-electron chi connectivity index (χ1n) is 6.33. The summed E-state index contributed by atoms with van der Waals surface area (Å²) in [5.74, 6) is 0.897. The number of thiophene rings is 1. The largest absolute Gasteiger partial charge is 0.352 e. The molecule has 2 aromatic heterocycles. The summed E-state index contributed by atoms with van der Waals surface area (Å²) in [6.45, 7) is 1.61. The molecule has 0 saturated heterocycles. The van der Waals surface area contributed by atoms with Gasteiger partial charge in [0.1, 0.15) is 0 Å². The van der Waals surface area contributed by atoms with Gasteiger partial charge in [-0.15, -0.1) is 24.0 Å². The number of aliphatic imine (C=N–C) groups is 1. The van der Waals surface area contributed by atoms with Crippen molar-refractivity contribution < 1.29 is 0 Å². The Labute approximate surface area is 155 Å². The zero-order valence-electron chi connectivity index (χ0n) is 12.3. The van der Waals surface area contributed by atoms with Crippen LogP contribution < -0.4 is 5.32 Å². The van der Waals surface area contributed by atoms with Gasteiger partial charge in [-0.05, 0) is 44.4 Å². The van der Waals surface area contributed by atoms with E-state index in [1.54, 1.807) is 11.3 Å². The second-order valence-corrected chi connectivity index (χ2v) is 6.34. The molecule has 2 heterocycles. The fraction of sp³-hybridized carbons (Fsp3) is 0.357. The highest BCUT2D eigenvalue weighted by molar-refractivity contribution is 14.0. The number of nitrogens with one attached hydrogen (secondary N) is 1. The minimum absolute atomic E-state index is 0. The number of aromatic nitrogens is 1. The number of guanidine groups is 1. The van der Waals surface area contributed by atoms with Crippen LogP contribution in [0.1, 0.15) is 11.3 Å². The van der Waals surface area contributed by atoms with Gasteiger partial charge in [0.25, 0.3) is 0 Å².